The van der Waals surface area contributed by atoms with Crippen molar-refractivity contribution < 1.29 is 9.90 Å². The Balaban J connectivity index is 1.81. The molecule has 0 unspecified atom stereocenters. The van der Waals surface area contributed by atoms with Crippen LogP contribution in [-0.2, 0) is 13.0 Å². The zero-order chi connectivity index (χ0) is 16.7. The highest BCUT2D eigenvalue weighted by molar-refractivity contribution is 6.34. The van der Waals surface area contributed by atoms with E-state index in [9.17, 15) is 9.90 Å². The molecule has 0 aromatic heterocycles. The van der Waals surface area contributed by atoms with Crippen molar-refractivity contribution in [3.8, 4) is 0 Å². The number of carbonyl (C=O) groups is 1. The quantitative estimate of drug-likeness (QED) is 0.695. The monoisotopic (exact) mass is 332 g/mol. The average Bonchev–Trinajstić information content (AvgIpc) is 2.53. The van der Waals surface area contributed by atoms with Crippen molar-refractivity contribution >= 4 is 17.5 Å². The van der Waals surface area contributed by atoms with E-state index >= 15 is 0 Å². The lowest BCUT2D eigenvalue weighted by Gasteiger charge is -2.13. The van der Waals surface area contributed by atoms with Crippen LogP contribution in [-0.4, -0.2) is 23.7 Å². The molecule has 0 aliphatic heterocycles. The van der Waals surface area contributed by atoms with Gasteiger partial charge in [-0.15, -0.1) is 0 Å². The van der Waals surface area contributed by atoms with Crippen LogP contribution in [0.25, 0.3) is 0 Å². The summed E-state index contributed by atoms with van der Waals surface area (Å²) in [5.74, 6) is -0.544. The van der Waals surface area contributed by atoms with Gasteiger partial charge < -0.3 is 16.2 Å². The summed E-state index contributed by atoms with van der Waals surface area (Å²) in [7, 11) is 0. The highest BCUT2D eigenvalue weighted by Gasteiger charge is 2.12. The van der Waals surface area contributed by atoms with Crippen molar-refractivity contribution in [1.82, 2.24) is 5.32 Å². The van der Waals surface area contributed by atoms with E-state index in [1.165, 1.54) is 5.56 Å². The van der Waals surface area contributed by atoms with Crippen LogP contribution in [0.5, 0.6) is 0 Å². The number of aryl methyl sites for hydroxylation is 1. The second kappa shape index (κ2) is 8.67. The van der Waals surface area contributed by atoms with Crippen LogP contribution in [0.2, 0.25) is 5.02 Å². The Morgan fingerprint density at radius 2 is 1.91 bits per heavy atom. The van der Waals surface area contributed by atoms with Gasteiger partial charge in [-0.3, -0.25) is 4.79 Å². The van der Waals surface area contributed by atoms with E-state index < -0.39 is 12.0 Å². The number of nitrogens with one attached hydrogen (secondary N) is 1. The van der Waals surface area contributed by atoms with Gasteiger partial charge in [-0.2, -0.15) is 0 Å². The van der Waals surface area contributed by atoms with E-state index in [0.717, 1.165) is 12.0 Å². The van der Waals surface area contributed by atoms with Gasteiger partial charge in [0.15, 0.2) is 0 Å². The fourth-order valence-electron chi connectivity index (χ4n) is 2.45. The fraction of sp³-hybridized carbons (Fsp3) is 0.278. The van der Waals surface area contributed by atoms with Gasteiger partial charge in [0.2, 0.25) is 0 Å². The first kappa shape index (κ1) is 17.5. The normalized spacial score (nSPS) is 12.1. The second-order valence-electron chi connectivity index (χ2n) is 5.45. The summed E-state index contributed by atoms with van der Waals surface area (Å²) in [6, 6.07) is 15.3. The third kappa shape index (κ3) is 5.36. The van der Waals surface area contributed by atoms with Crippen LogP contribution >= 0.6 is 11.6 Å². The van der Waals surface area contributed by atoms with E-state index in [0.29, 0.717) is 30.1 Å². The third-order valence-corrected chi connectivity index (χ3v) is 3.97. The summed E-state index contributed by atoms with van der Waals surface area (Å²) in [5.41, 5.74) is 7.63. The molecule has 4 nitrogen and oxygen atoms in total. The van der Waals surface area contributed by atoms with E-state index in [1.54, 1.807) is 18.2 Å². The molecule has 0 fully saturated rings. The maximum Gasteiger partial charge on any atom is 0.250 e. The molecule has 0 heterocycles. The van der Waals surface area contributed by atoms with E-state index in [2.05, 4.69) is 5.32 Å². The van der Waals surface area contributed by atoms with E-state index in [4.69, 9.17) is 17.3 Å². The molecule has 4 N–H and O–H groups in total. The Kier molecular flexibility index (Phi) is 6.59. The van der Waals surface area contributed by atoms with Crippen molar-refractivity contribution in [2.75, 3.05) is 6.54 Å². The molecular formula is C18H21ClN2O2. The zero-order valence-electron chi connectivity index (χ0n) is 12.8. The lowest BCUT2D eigenvalue weighted by molar-refractivity contribution is 0.0999. The first-order valence-electron chi connectivity index (χ1n) is 7.58. The largest absolute Gasteiger partial charge is 0.392 e. The lowest BCUT2D eigenvalue weighted by atomic mass is 10.1. The summed E-state index contributed by atoms with van der Waals surface area (Å²) < 4.78 is 0. The Hall–Kier alpha value is -1.88. The molecule has 0 aliphatic rings. The first-order valence-corrected chi connectivity index (χ1v) is 7.95. The number of aliphatic hydroxyl groups excluding tert-OH is 1. The van der Waals surface area contributed by atoms with Gasteiger partial charge in [0.1, 0.15) is 0 Å². The van der Waals surface area contributed by atoms with E-state index in [-0.39, 0.29) is 0 Å². The van der Waals surface area contributed by atoms with Crippen LogP contribution in [0, 0.1) is 0 Å². The average molecular weight is 333 g/mol. The molecule has 2 aromatic rings. The van der Waals surface area contributed by atoms with Crippen LogP contribution in [0.1, 0.15) is 27.9 Å². The van der Waals surface area contributed by atoms with Crippen LogP contribution < -0.4 is 11.1 Å². The number of amides is 1. The minimum Gasteiger partial charge on any atom is -0.392 e. The minimum absolute atomic E-state index is 0.334. The maximum absolute atomic E-state index is 11.5. The zero-order valence-corrected chi connectivity index (χ0v) is 13.6. The van der Waals surface area contributed by atoms with Gasteiger partial charge in [-0.05, 0) is 30.0 Å². The van der Waals surface area contributed by atoms with Crippen LogP contribution in [0.4, 0.5) is 0 Å². The Morgan fingerprint density at radius 3 is 2.61 bits per heavy atom. The molecule has 122 valence electrons. The number of aliphatic hydroxyl groups is 1. The van der Waals surface area contributed by atoms with Gasteiger partial charge in [0, 0.05) is 13.1 Å². The number of nitrogens with two attached hydrogens (primary N) is 1. The predicted octanol–water partition coefficient (Wildman–Crippen LogP) is 2.52. The SMILES string of the molecule is NC(=O)c1c(Cl)cccc1CNC[C@H](O)CCc1ccccc1. The Bertz CT molecular complexity index is 647. The summed E-state index contributed by atoms with van der Waals surface area (Å²) in [6.07, 6.45) is 1.05. The topological polar surface area (TPSA) is 75.4 Å². The summed E-state index contributed by atoms with van der Waals surface area (Å²) in [5, 5.41) is 13.5. The number of hydrogen-bond donors (Lipinski definition) is 3. The fourth-order valence-corrected chi connectivity index (χ4v) is 2.73. The molecule has 0 radical (unpaired) electrons. The van der Waals surface area contributed by atoms with Gasteiger partial charge in [-0.1, -0.05) is 54.1 Å². The number of primary amides is 1. The number of carbonyl (C=O) groups excluding carboxylic acids is 1. The Labute approximate surface area is 141 Å². The number of halogens is 1. The number of hydrogen-bond acceptors (Lipinski definition) is 3. The molecular weight excluding hydrogens is 312 g/mol. The van der Waals surface area contributed by atoms with Crippen LogP contribution in [0.15, 0.2) is 48.5 Å². The standard InChI is InChI=1S/C18H21ClN2O2/c19-16-8-4-7-14(17(16)18(20)23)11-21-12-15(22)10-9-13-5-2-1-3-6-13/h1-8,15,21-22H,9-12H2,(H2,20,23)/t15-/m1/s1. The van der Waals surface area contributed by atoms with Gasteiger partial charge in [-0.25, -0.2) is 0 Å². The van der Waals surface area contributed by atoms with Gasteiger partial charge in [0.25, 0.3) is 5.91 Å². The smallest absolute Gasteiger partial charge is 0.250 e. The molecule has 5 heteroatoms. The molecule has 0 spiro atoms. The highest BCUT2D eigenvalue weighted by Crippen LogP contribution is 2.19. The van der Waals surface area contributed by atoms with Crippen molar-refractivity contribution in [2.24, 2.45) is 5.73 Å². The summed E-state index contributed by atoms with van der Waals surface area (Å²) in [6.45, 7) is 0.874. The first-order chi connectivity index (χ1) is 11.1. The van der Waals surface area contributed by atoms with Crippen molar-refractivity contribution in [3.63, 3.8) is 0 Å². The molecule has 0 aliphatic carbocycles. The number of benzene rings is 2. The molecule has 1 amide bonds. The van der Waals surface area contributed by atoms with Crippen molar-refractivity contribution in [3.05, 3.63) is 70.2 Å². The second-order valence-corrected chi connectivity index (χ2v) is 5.85. The minimum atomic E-state index is -0.544. The maximum atomic E-state index is 11.5. The van der Waals surface area contributed by atoms with Gasteiger partial charge in [0.05, 0.1) is 16.7 Å². The molecule has 0 saturated carbocycles. The molecule has 0 saturated heterocycles. The molecule has 23 heavy (non-hydrogen) atoms. The third-order valence-electron chi connectivity index (χ3n) is 3.65. The molecule has 1 atom stereocenters. The molecule has 2 aromatic carbocycles. The van der Waals surface area contributed by atoms with Crippen molar-refractivity contribution in [2.45, 2.75) is 25.5 Å². The molecule has 0 bridgehead atoms. The van der Waals surface area contributed by atoms with E-state index in [1.807, 2.05) is 30.3 Å². The van der Waals surface area contributed by atoms with Gasteiger partial charge >= 0.3 is 0 Å². The number of rotatable bonds is 8. The van der Waals surface area contributed by atoms with Crippen molar-refractivity contribution in [1.29, 1.82) is 0 Å². The molecule has 2 rings (SSSR count). The predicted molar refractivity (Wildman–Crippen MR) is 92.4 cm³/mol. The van der Waals surface area contributed by atoms with Crippen LogP contribution in [0.3, 0.4) is 0 Å². The summed E-state index contributed by atoms with van der Waals surface area (Å²) in [4.78, 5) is 11.5. The highest BCUT2D eigenvalue weighted by atomic mass is 35.5. The summed E-state index contributed by atoms with van der Waals surface area (Å²) >= 11 is 6.01. The lowest BCUT2D eigenvalue weighted by Crippen LogP contribution is -2.28. The Morgan fingerprint density at radius 1 is 1.17 bits per heavy atom.